The fourth-order valence-corrected chi connectivity index (χ4v) is 3.77. The minimum atomic E-state index is -1.24. The van der Waals surface area contributed by atoms with Crippen molar-refractivity contribution in [1.82, 2.24) is 0 Å². The molecule has 0 aromatic carbocycles. The third-order valence-electron chi connectivity index (χ3n) is 5.95. The number of Topliss-reactive ketones (excluding diaryl/α,β-unsaturated/α-hetero) is 2. The van der Waals surface area contributed by atoms with Gasteiger partial charge in [-0.1, -0.05) is 34.6 Å². The van der Waals surface area contributed by atoms with Crippen LogP contribution in [0.2, 0.25) is 0 Å². The molecule has 0 aromatic rings. The summed E-state index contributed by atoms with van der Waals surface area (Å²) in [5, 5.41) is 18.3. The molecule has 2 unspecified atom stereocenters. The van der Waals surface area contributed by atoms with Gasteiger partial charge in [0.25, 0.3) is 0 Å². The number of rotatable bonds is 7. The summed E-state index contributed by atoms with van der Waals surface area (Å²) in [7, 11) is 0. The van der Waals surface area contributed by atoms with Crippen LogP contribution in [-0.4, -0.2) is 23.1 Å². The molecule has 0 saturated heterocycles. The summed E-state index contributed by atoms with van der Waals surface area (Å²) in [5.41, 5.74) is -3.30. The van der Waals surface area contributed by atoms with Crippen LogP contribution in [0.15, 0.2) is 10.2 Å². The highest BCUT2D eigenvalue weighted by atomic mass is 16.2. The maximum Gasteiger partial charge on any atom is 0.178 e. The summed E-state index contributed by atoms with van der Waals surface area (Å²) in [5.74, 6) is -0.408. The van der Waals surface area contributed by atoms with Gasteiger partial charge in [0, 0.05) is 0 Å². The van der Waals surface area contributed by atoms with Crippen LogP contribution >= 0.6 is 0 Å². The van der Waals surface area contributed by atoms with Gasteiger partial charge < -0.3 is 0 Å². The molecular weight excluding hydrogens is 290 g/mol. The zero-order valence-corrected chi connectivity index (χ0v) is 15.3. The van der Waals surface area contributed by atoms with Crippen molar-refractivity contribution in [2.24, 2.45) is 21.1 Å². The van der Waals surface area contributed by atoms with Crippen LogP contribution in [0.25, 0.3) is 0 Å². The zero-order valence-electron chi connectivity index (χ0n) is 15.3. The molecule has 1 aliphatic heterocycles. The summed E-state index contributed by atoms with van der Waals surface area (Å²) in [6.07, 6.45) is 2.21. The molecule has 5 nitrogen and oxygen atoms in total. The first kappa shape index (κ1) is 19.5. The molecule has 0 aliphatic carbocycles. The van der Waals surface area contributed by atoms with E-state index >= 15 is 0 Å². The monoisotopic (exact) mass is 319 g/mol. The van der Waals surface area contributed by atoms with Crippen LogP contribution in [0.3, 0.4) is 0 Å². The van der Waals surface area contributed by atoms with E-state index in [0.29, 0.717) is 32.1 Å². The standard InChI is InChI=1S/C18H29N3O2/c1-7-16(8-2,12-19)14(22)18(11-5)13(6)20-21-17(9-3,10-4)15(18)23/h13H,7-11H2,1-6H3. The number of carbonyl (C=O) groups is 2. The minimum absolute atomic E-state index is 0.147. The first-order chi connectivity index (χ1) is 10.8. The summed E-state index contributed by atoms with van der Waals surface area (Å²) in [6, 6.07) is 1.68. The lowest BCUT2D eigenvalue weighted by molar-refractivity contribution is -0.152. The lowest BCUT2D eigenvalue weighted by atomic mass is 9.57. The van der Waals surface area contributed by atoms with E-state index < -0.39 is 22.4 Å². The molecule has 0 fully saturated rings. The minimum Gasteiger partial charge on any atom is -0.297 e. The molecular formula is C18H29N3O2. The van der Waals surface area contributed by atoms with Crippen molar-refractivity contribution in [3.05, 3.63) is 0 Å². The van der Waals surface area contributed by atoms with Crippen molar-refractivity contribution >= 4 is 11.6 Å². The van der Waals surface area contributed by atoms with Gasteiger partial charge in [-0.25, -0.2) is 0 Å². The number of nitriles is 1. The van der Waals surface area contributed by atoms with Gasteiger partial charge in [0.05, 0.1) is 12.1 Å². The van der Waals surface area contributed by atoms with Gasteiger partial charge in [-0.05, 0) is 39.0 Å². The summed E-state index contributed by atoms with van der Waals surface area (Å²) in [4.78, 5) is 26.9. The maximum absolute atomic E-state index is 13.5. The number of carbonyl (C=O) groups excluding carboxylic acids is 2. The Bertz CT molecular complexity index is 539. The van der Waals surface area contributed by atoms with Gasteiger partial charge in [-0.15, -0.1) is 0 Å². The van der Waals surface area contributed by atoms with E-state index in [0.717, 1.165) is 0 Å². The van der Waals surface area contributed by atoms with Crippen molar-refractivity contribution in [2.75, 3.05) is 0 Å². The molecule has 1 heterocycles. The second-order valence-corrected chi connectivity index (χ2v) is 6.51. The van der Waals surface area contributed by atoms with E-state index in [1.807, 2.05) is 34.6 Å². The van der Waals surface area contributed by atoms with Crippen molar-refractivity contribution < 1.29 is 9.59 Å². The summed E-state index contributed by atoms with van der Waals surface area (Å²) < 4.78 is 0. The Labute approximate surface area is 139 Å². The topological polar surface area (TPSA) is 82.6 Å². The van der Waals surface area contributed by atoms with E-state index in [-0.39, 0.29) is 11.6 Å². The summed E-state index contributed by atoms with van der Waals surface area (Å²) >= 11 is 0. The first-order valence-electron chi connectivity index (χ1n) is 8.73. The Hall–Kier alpha value is -1.57. The number of hydrogen-bond donors (Lipinski definition) is 0. The lowest BCUT2D eigenvalue weighted by Gasteiger charge is -2.45. The predicted octanol–water partition coefficient (Wildman–Crippen LogP) is 4.26. The van der Waals surface area contributed by atoms with E-state index in [4.69, 9.17) is 0 Å². The quantitative estimate of drug-likeness (QED) is 0.657. The lowest BCUT2D eigenvalue weighted by Crippen LogP contribution is -2.61. The Morgan fingerprint density at radius 3 is 2.04 bits per heavy atom. The van der Waals surface area contributed by atoms with Gasteiger partial charge in [0.15, 0.2) is 11.6 Å². The highest BCUT2D eigenvalue weighted by Crippen LogP contribution is 2.48. The fraction of sp³-hybridized carbons (Fsp3) is 0.833. The predicted molar refractivity (Wildman–Crippen MR) is 89.0 cm³/mol. The van der Waals surface area contributed by atoms with E-state index in [2.05, 4.69) is 16.3 Å². The molecule has 0 N–H and O–H groups in total. The second-order valence-electron chi connectivity index (χ2n) is 6.51. The molecule has 5 heteroatoms. The normalized spacial score (nSPS) is 26.8. The SMILES string of the molecule is CCC(C#N)(CC)C(=O)C1(CC)C(=O)C(CC)(CC)N=NC1C. The molecule has 2 atom stereocenters. The van der Waals surface area contributed by atoms with Crippen LogP contribution in [-0.2, 0) is 9.59 Å². The molecule has 1 rings (SSSR count). The molecule has 1 aliphatic rings. The largest absolute Gasteiger partial charge is 0.297 e. The Morgan fingerprint density at radius 2 is 1.70 bits per heavy atom. The Kier molecular flexibility index (Phi) is 5.84. The number of hydrogen-bond acceptors (Lipinski definition) is 5. The molecule has 0 saturated carbocycles. The molecule has 0 bridgehead atoms. The molecule has 23 heavy (non-hydrogen) atoms. The first-order valence-corrected chi connectivity index (χ1v) is 8.73. The van der Waals surface area contributed by atoms with Crippen molar-refractivity contribution in [3.63, 3.8) is 0 Å². The van der Waals surface area contributed by atoms with Crippen LogP contribution in [0.4, 0.5) is 0 Å². The number of ketones is 2. The van der Waals surface area contributed by atoms with Crippen LogP contribution < -0.4 is 0 Å². The van der Waals surface area contributed by atoms with Gasteiger partial charge in [-0.3, -0.25) is 9.59 Å². The Morgan fingerprint density at radius 1 is 1.17 bits per heavy atom. The van der Waals surface area contributed by atoms with E-state index in [1.165, 1.54) is 0 Å². The van der Waals surface area contributed by atoms with Crippen molar-refractivity contribution in [1.29, 1.82) is 5.26 Å². The summed E-state index contributed by atoms with van der Waals surface area (Å²) in [6.45, 7) is 11.1. The second kappa shape index (κ2) is 6.90. The van der Waals surface area contributed by atoms with Crippen LogP contribution in [0.1, 0.15) is 73.6 Å². The van der Waals surface area contributed by atoms with Gasteiger partial charge in [0.2, 0.25) is 0 Å². The van der Waals surface area contributed by atoms with Gasteiger partial charge in [0.1, 0.15) is 16.4 Å². The van der Waals surface area contributed by atoms with E-state index in [9.17, 15) is 14.9 Å². The highest BCUT2D eigenvalue weighted by molar-refractivity contribution is 6.14. The fourth-order valence-electron chi connectivity index (χ4n) is 3.77. The third-order valence-corrected chi connectivity index (χ3v) is 5.95. The van der Waals surface area contributed by atoms with Crippen LogP contribution in [0, 0.1) is 22.2 Å². The molecule has 0 radical (unpaired) electrons. The third kappa shape index (κ3) is 2.52. The molecule has 0 amide bonds. The molecule has 0 spiro atoms. The van der Waals surface area contributed by atoms with Crippen LogP contribution in [0.5, 0.6) is 0 Å². The average molecular weight is 319 g/mol. The van der Waals surface area contributed by atoms with Crippen molar-refractivity contribution in [3.8, 4) is 6.07 Å². The maximum atomic E-state index is 13.5. The van der Waals surface area contributed by atoms with Gasteiger partial charge in [-0.2, -0.15) is 15.5 Å². The Balaban J connectivity index is 3.60. The highest BCUT2D eigenvalue weighted by Gasteiger charge is 2.62. The molecule has 128 valence electrons. The van der Waals surface area contributed by atoms with Gasteiger partial charge >= 0.3 is 0 Å². The zero-order chi connectivity index (χ0) is 17.9. The molecule has 0 aromatic heterocycles. The van der Waals surface area contributed by atoms with Crippen molar-refractivity contribution in [2.45, 2.75) is 85.2 Å². The van der Waals surface area contributed by atoms with E-state index in [1.54, 1.807) is 6.92 Å². The number of nitrogens with zero attached hydrogens (tertiary/aromatic N) is 3. The average Bonchev–Trinajstić information content (AvgIpc) is 2.59. The smallest absolute Gasteiger partial charge is 0.178 e. The number of azo groups is 1.